The van der Waals surface area contributed by atoms with Crippen molar-refractivity contribution < 1.29 is 32.7 Å². The Morgan fingerprint density at radius 2 is 1.70 bits per heavy atom. The highest BCUT2D eigenvalue weighted by molar-refractivity contribution is 5.96. The quantitative estimate of drug-likeness (QED) is 0.578. The molecular formula is C22H23F3N4O4. The molecule has 0 spiro atoms. The molecule has 1 fully saturated rings. The lowest BCUT2D eigenvalue weighted by molar-refractivity contribution is -0.150. The van der Waals surface area contributed by atoms with Crippen LogP contribution in [-0.2, 0) is 16.0 Å². The lowest BCUT2D eigenvalue weighted by atomic mass is 10.0. The molecule has 1 saturated heterocycles. The third kappa shape index (κ3) is 6.77. The molecule has 0 aromatic heterocycles. The maximum absolute atomic E-state index is 12.5. The number of carboxylic acids is 1. The summed E-state index contributed by atoms with van der Waals surface area (Å²) in [5, 5.41) is 11.5. The molecule has 0 radical (unpaired) electrons. The van der Waals surface area contributed by atoms with Gasteiger partial charge in [-0.25, -0.2) is 4.79 Å². The summed E-state index contributed by atoms with van der Waals surface area (Å²) in [5.41, 5.74) is 7.79. The molecule has 4 N–H and O–H groups in total. The Balaban J connectivity index is 1.54. The van der Waals surface area contributed by atoms with Crippen molar-refractivity contribution in [1.29, 1.82) is 0 Å². The topological polar surface area (TPSA) is 116 Å². The molecule has 33 heavy (non-hydrogen) atoms. The number of carboxylic acid groups (broad SMARTS) is 1. The van der Waals surface area contributed by atoms with Crippen LogP contribution in [0.25, 0.3) is 0 Å². The van der Waals surface area contributed by atoms with Crippen molar-refractivity contribution in [2.75, 3.05) is 36.4 Å². The van der Waals surface area contributed by atoms with Gasteiger partial charge in [0.05, 0.1) is 24.7 Å². The molecule has 2 amide bonds. The van der Waals surface area contributed by atoms with Crippen molar-refractivity contribution in [3.63, 3.8) is 0 Å². The van der Waals surface area contributed by atoms with Gasteiger partial charge in [-0.3, -0.25) is 14.5 Å². The van der Waals surface area contributed by atoms with Crippen LogP contribution in [0.4, 0.5) is 24.5 Å². The number of nitrogens with one attached hydrogen (secondary N) is 1. The van der Waals surface area contributed by atoms with Crippen LogP contribution in [0.3, 0.4) is 0 Å². The van der Waals surface area contributed by atoms with Crippen molar-refractivity contribution >= 4 is 29.2 Å². The number of hydrogen-bond acceptors (Lipinski definition) is 5. The Bertz CT molecular complexity index is 1010. The van der Waals surface area contributed by atoms with Gasteiger partial charge in [-0.05, 0) is 48.4 Å². The number of halogens is 3. The van der Waals surface area contributed by atoms with E-state index >= 15 is 0 Å². The normalized spacial score (nSPS) is 15.9. The number of carbonyl (C=O) groups excluding carboxylic acids is 2. The van der Waals surface area contributed by atoms with Crippen LogP contribution >= 0.6 is 0 Å². The second kappa shape index (κ2) is 10.0. The number of nitrogens with two attached hydrogens (primary N) is 1. The number of anilines is 2. The Morgan fingerprint density at radius 1 is 1.06 bits per heavy atom. The van der Waals surface area contributed by atoms with Gasteiger partial charge < -0.3 is 21.1 Å². The second-order valence-corrected chi connectivity index (χ2v) is 7.72. The molecule has 2 aromatic rings. The minimum atomic E-state index is -4.35. The van der Waals surface area contributed by atoms with E-state index in [-0.39, 0.29) is 31.6 Å². The zero-order chi connectivity index (χ0) is 24.2. The van der Waals surface area contributed by atoms with Gasteiger partial charge in [0.1, 0.15) is 0 Å². The van der Waals surface area contributed by atoms with E-state index in [4.69, 9.17) is 10.8 Å². The average molecular weight is 464 g/mol. The molecule has 3 rings (SSSR count). The minimum Gasteiger partial charge on any atom is -0.478 e. The van der Waals surface area contributed by atoms with Crippen LogP contribution in [0.1, 0.15) is 15.9 Å². The first-order chi connectivity index (χ1) is 15.5. The van der Waals surface area contributed by atoms with E-state index in [0.29, 0.717) is 11.4 Å². The van der Waals surface area contributed by atoms with Crippen LogP contribution < -0.4 is 16.0 Å². The number of aromatic carboxylic acids is 1. The largest absolute Gasteiger partial charge is 0.478 e. The minimum absolute atomic E-state index is 0.0950. The van der Waals surface area contributed by atoms with Crippen molar-refractivity contribution in [1.82, 2.24) is 4.90 Å². The number of hydrogen-bond donors (Lipinski definition) is 3. The van der Waals surface area contributed by atoms with E-state index in [1.165, 1.54) is 29.2 Å². The molecule has 0 bridgehead atoms. The summed E-state index contributed by atoms with van der Waals surface area (Å²) in [7, 11) is 0. The Labute approximate surface area is 187 Å². The number of benzene rings is 2. The second-order valence-electron chi connectivity index (χ2n) is 7.72. The molecule has 176 valence electrons. The lowest BCUT2D eigenvalue weighted by Gasteiger charge is -2.34. The van der Waals surface area contributed by atoms with E-state index in [9.17, 15) is 27.6 Å². The number of piperazine rings is 1. The highest BCUT2D eigenvalue weighted by Gasteiger charge is 2.34. The summed E-state index contributed by atoms with van der Waals surface area (Å²) in [6, 6.07) is 11.5. The molecule has 1 aliphatic rings. The van der Waals surface area contributed by atoms with Crippen molar-refractivity contribution in [3.05, 3.63) is 59.7 Å². The summed E-state index contributed by atoms with van der Waals surface area (Å²) in [5.74, 6) is -1.93. The first-order valence-electron chi connectivity index (χ1n) is 10.1. The van der Waals surface area contributed by atoms with Gasteiger partial charge in [-0.1, -0.05) is 12.1 Å². The third-order valence-electron chi connectivity index (χ3n) is 5.14. The monoisotopic (exact) mass is 464 g/mol. The molecule has 0 unspecified atom stereocenters. The van der Waals surface area contributed by atoms with Gasteiger partial charge in [-0.15, -0.1) is 0 Å². The molecule has 1 aliphatic heterocycles. The van der Waals surface area contributed by atoms with Gasteiger partial charge >= 0.3 is 12.1 Å². The number of nitrogens with zero attached hydrogens (tertiary/aromatic N) is 2. The van der Waals surface area contributed by atoms with Gasteiger partial charge in [0.2, 0.25) is 11.8 Å². The Hall–Kier alpha value is -3.44. The number of amides is 2. The van der Waals surface area contributed by atoms with Crippen LogP contribution in [0, 0.1) is 0 Å². The molecule has 1 heterocycles. The zero-order valence-electron chi connectivity index (χ0n) is 17.5. The molecular weight excluding hydrogens is 441 g/mol. The highest BCUT2D eigenvalue weighted by atomic mass is 19.4. The first-order valence-corrected chi connectivity index (χ1v) is 10.1. The first kappa shape index (κ1) is 24.2. The number of alkyl halides is 3. The van der Waals surface area contributed by atoms with Crippen molar-refractivity contribution in [2.45, 2.75) is 18.6 Å². The van der Waals surface area contributed by atoms with E-state index < -0.39 is 36.5 Å². The fourth-order valence-corrected chi connectivity index (χ4v) is 3.47. The predicted octanol–water partition coefficient (Wildman–Crippen LogP) is 2.10. The summed E-state index contributed by atoms with van der Waals surface area (Å²) in [4.78, 5) is 38.0. The van der Waals surface area contributed by atoms with Gasteiger partial charge in [0.15, 0.2) is 0 Å². The van der Waals surface area contributed by atoms with Crippen LogP contribution in [0.2, 0.25) is 0 Å². The summed E-state index contributed by atoms with van der Waals surface area (Å²) in [6.45, 7) is -1.16. The zero-order valence-corrected chi connectivity index (χ0v) is 17.5. The van der Waals surface area contributed by atoms with Gasteiger partial charge in [-0.2, -0.15) is 13.2 Å². The summed E-state index contributed by atoms with van der Waals surface area (Å²) in [6.07, 6.45) is -4.14. The molecule has 0 aliphatic carbocycles. The van der Waals surface area contributed by atoms with E-state index in [2.05, 4.69) is 5.32 Å². The Kier molecular flexibility index (Phi) is 7.34. The SMILES string of the molecule is N[C@@H](Cc1ccc(N2CCN(CC(F)(F)F)CC2=O)cc1)C(=O)Nc1ccc(C(=O)O)cc1. The maximum atomic E-state index is 12.5. The van der Waals surface area contributed by atoms with Crippen LogP contribution in [0.15, 0.2) is 48.5 Å². The van der Waals surface area contributed by atoms with Crippen molar-refractivity contribution in [2.24, 2.45) is 5.73 Å². The van der Waals surface area contributed by atoms with Crippen LogP contribution in [0.5, 0.6) is 0 Å². The number of carbonyl (C=O) groups is 3. The molecule has 8 nitrogen and oxygen atoms in total. The molecule has 11 heteroatoms. The standard InChI is InChI=1S/C22H23F3N4O4/c23-22(24,25)13-28-9-10-29(19(30)12-28)17-7-1-14(2-8-17)11-18(26)20(31)27-16-5-3-15(4-6-16)21(32)33/h1-8,18H,9-13,26H2,(H,27,31)(H,32,33)/t18-/m0/s1. The van der Waals surface area contributed by atoms with Gasteiger partial charge in [0.25, 0.3) is 0 Å². The van der Waals surface area contributed by atoms with Gasteiger partial charge in [0, 0.05) is 24.5 Å². The summed E-state index contributed by atoms with van der Waals surface area (Å²) >= 11 is 0. The molecule has 2 aromatic carbocycles. The van der Waals surface area contributed by atoms with E-state index in [0.717, 1.165) is 10.5 Å². The highest BCUT2D eigenvalue weighted by Crippen LogP contribution is 2.22. The van der Waals surface area contributed by atoms with Crippen molar-refractivity contribution in [3.8, 4) is 0 Å². The molecule has 0 saturated carbocycles. The predicted molar refractivity (Wildman–Crippen MR) is 115 cm³/mol. The smallest absolute Gasteiger partial charge is 0.401 e. The fourth-order valence-electron chi connectivity index (χ4n) is 3.47. The fraction of sp³-hybridized carbons (Fsp3) is 0.318. The molecule has 1 atom stereocenters. The number of rotatable bonds is 7. The Morgan fingerprint density at radius 3 is 2.24 bits per heavy atom. The summed E-state index contributed by atoms with van der Waals surface area (Å²) < 4.78 is 37.6. The van der Waals surface area contributed by atoms with E-state index in [1.807, 2.05) is 0 Å². The van der Waals surface area contributed by atoms with E-state index in [1.54, 1.807) is 24.3 Å². The van der Waals surface area contributed by atoms with Crippen LogP contribution in [-0.4, -0.2) is 66.2 Å². The third-order valence-corrected chi connectivity index (χ3v) is 5.14. The maximum Gasteiger partial charge on any atom is 0.401 e. The average Bonchev–Trinajstić information content (AvgIpc) is 2.74. The lowest BCUT2D eigenvalue weighted by Crippen LogP contribution is -2.52.